The highest BCUT2D eigenvalue weighted by molar-refractivity contribution is 7.14. The number of carbonyl (C=O) groups is 2. The molecule has 1 aliphatic rings. The first-order valence-electron chi connectivity index (χ1n) is 10.6. The number of ether oxygens (including phenoxy) is 1. The molecule has 1 amide bonds. The molecule has 1 aromatic carbocycles. The van der Waals surface area contributed by atoms with Gasteiger partial charge in [0.25, 0.3) is 0 Å². The number of pyridine rings is 1. The van der Waals surface area contributed by atoms with Crippen molar-refractivity contribution in [3.63, 3.8) is 0 Å². The molecule has 0 radical (unpaired) electrons. The van der Waals surface area contributed by atoms with E-state index in [1.54, 1.807) is 30.5 Å². The monoisotopic (exact) mass is 486 g/mol. The number of nitrogens with two attached hydrogens (primary N) is 1. The molecule has 9 heteroatoms. The number of ketones is 1. The van der Waals surface area contributed by atoms with Gasteiger partial charge in [-0.3, -0.25) is 10.1 Å². The van der Waals surface area contributed by atoms with Crippen molar-refractivity contribution in [3.8, 4) is 0 Å². The summed E-state index contributed by atoms with van der Waals surface area (Å²) in [5.41, 5.74) is 7.04. The van der Waals surface area contributed by atoms with E-state index in [1.165, 1.54) is 11.3 Å². The molecule has 0 saturated carbocycles. The van der Waals surface area contributed by atoms with E-state index in [9.17, 15) is 9.59 Å². The van der Waals surface area contributed by atoms with Gasteiger partial charge in [-0.25, -0.2) is 9.78 Å². The van der Waals surface area contributed by atoms with Crippen molar-refractivity contribution in [2.45, 2.75) is 19.8 Å². The summed E-state index contributed by atoms with van der Waals surface area (Å²) in [6, 6.07) is 14.6. The number of halogens is 1. The highest BCUT2D eigenvalue weighted by Crippen LogP contribution is 2.29. The Bertz CT molecular complexity index is 1100. The maximum Gasteiger partial charge on any atom is 0.411 e. The second-order valence-electron chi connectivity index (χ2n) is 7.85. The fourth-order valence-corrected chi connectivity index (χ4v) is 4.61. The van der Waals surface area contributed by atoms with Crippen LogP contribution in [0.15, 0.2) is 54.7 Å². The number of nitrogen functional groups attached to an aromatic ring is 1. The SMILES string of the molecule is Cc1ccc(C(=O)c2cccc(N)c2NC(=O)OCC2CCN(c3ccccn3)CC2)s1.Cl. The number of amides is 1. The van der Waals surface area contributed by atoms with Crippen molar-refractivity contribution in [2.75, 3.05) is 35.6 Å². The molecule has 3 aromatic rings. The van der Waals surface area contributed by atoms with Crippen molar-refractivity contribution < 1.29 is 14.3 Å². The molecule has 1 saturated heterocycles. The fraction of sp³-hybridized carbons (Fsp3) is 0.292. The Balaban J connectivity index is 0.00000306. The van der Waals surface area contributed by atoms with E-state index in [2.05, 4.69) is 15.2 Å². The topological polar surface area (TPSA) is 97.5 Å². The average Bonchev–Trinajstić information content (AvgIpc) is 3.26. The molecule has 3 heterocycles. The molecular formula is C24H27ClN4O3S. The molecule has 2 aromatic heterocycles. The standard InChI is InChI=1S/C24H26N4O3S.ClH/c1-16-8-9-20(32-16)23(29)18-5-4-6-19(25)22(18)27-24(30)31-15-17-10-13-28(14-11-17)21-7-2-3-12-26-21;/h2-9,12,17H,10-11,13-15,25H2,1H3,(H,27,30);1H. The maximum atomic E-state index is 12.9. The second kappa shape index (κ2) is 11.2. The first kappa shape index (κ1) is 24.5. The van der Waals surface area contributed by atoms with Crippen LogP contribution in [0, 0.1) is 12.8 Å². The smallest absolute Gasteiger partial charge is 0.411 e. The van der Waals surface area contributed by atoms with Crippen LogP contribution in [0.2, 0.25) is 0 Å². The van der Waals surface area contributed by atoms with E-state index in [1.807, 2.05) is 31.2 Å². The van der Waals surface area contributed by atoms with Crippen LogP contribution in [0.3, 0.4) is 0 Å². The summed E-state index contributed by atoms with van der Waals surface area (Å²) in [7, 11) is 0. The number of anilines is 3. The van der Waals surface area contributed by atoms with Gasteiger partial charge in [-0.2, -0.15) is 0 Å². The third-order valence-corrected chi connectivity index (χ3v) is 6.57. The molecule has 0 unspecified atom stereocenters. The molecule has 0 aliphatic carbocycles. The fourth-order valence-electron chi connectivity index (χ4n) is 3.79. The number of hydrogen-bond acceptors (Lipinski definition) is 7. The minimum Gasteiger partial charge on any atom is -0.449 e. The van der Waals surface area contributed by atoms with E-state index >= 15 is 0 Å². The van der Waals surface area contributed by atoms with E-state index in [-0.39, 0.29) is 24.1 Å². The summed E-state index contributed by atoms with van der Waals surface area (Å²) in [5, 5.41) is 2.69. The zero-order chi connectivity index (χ0) is 22.5. The Morgan fingerprint density at radius 1 is 1.15 bits per heavy atom. The summed E-state index contributed by atoms with van der Waals surface area (Å²) in [4.78, 5) is 33.7. The number of nitrogens with one attached hydrogen (secondary N) is 1. The Kier molecular flexibility index (Phi) is 8.30. The van der Waals surface area contributed by atoms with Gasteiger partial charge >= 0.3 is 6.09 Å². The lowest BCUT2D eigenvalue weighted by Crippen LogP contribution is -2.36. The first-order chi connectivity index (χ1) is 15.5. The van der Waals surface area contributed by atoms with Crippen LogP contribution in [0.4, 0.5) is 22.0 Å². The second-order valence-corrected chi connectivity index (χ2v) is 9.14. The Morgan fingerprint density at radius 3 is 2.61 bits per heavy atom. The Labute approximate surface area is 203 Å². The van der Waals surface area contributed by atoms with Gasteiger partial charge in [-0.1, -0.05) is 12.1 Å². The summed E-state index contributed by atoms with van der Waals surface area (Å²) in [5.74, 6) is 1.08. The Morgan fingerprint density at radius 2 is 1.94 bits per heavy atom. The van der Waals surface area contributed by atoms with E-state index in [0.29, 0.717) is 28.4 Å². The Hall–Kier alpha value is -3.10. The molecule has 3 N–H and O–H groups in total. The van der Waals surface area contributed by atoms with Crippen molar-refractivity contribution >= 4 is 52.8 Å². The largest absolute Gasteiger partial charge is 0.449 e. The van der Waals surface area contributed by atoms with Crippen LogP contribution < -0.4 is 16.0 Å². The minimum atomic E-state index is -0.605. The van der Waals surface area contributed by atoms with Crippen molar-refractivity contribution in [2.24, 2.45) is 5.92 Å². The van der Waals surface area contributed by atoms with Crippen LogP contribution in [-0.4, -0.2) is 36.6 Å². The van der Waals surface area contributed by atoms with Gasteiger partial charge in [0, 0.05) is 29.7 Å². The molecule has 4 rings (SSSR count). The number of piperidine rings is 1. The molecule has 33 heavy (non-hydrogen) atoms. The third-order valence-electron chi connectivity index (χ3n) is 5.57. The summed E-state index contributed by atoms with van der Waals surface area (Å²) >= 11 is 1.41. The van der Waals surface area contributed by atoms with Crippen molar-refractivity contribution in [1.82, 2.24) is 4.98 Å². The lowest BCUT2D eigenvalue weighted by Gasteiger charge is -2.32. The first-order valence-corrected chi connectivity index (χ1v) is 11.4. The zero-order valence-electron chi connectivity index (χ0n) is 18.3. The number of para-hydroxylation sites is 1. The highest BCUT2D eigenvalue weighted by Gasteiger charge is 2.23. The van der Waals surface area contributed by atoms with Gasteiger partial charge in [-0.15, -0.1) is 23.7 Å². The predicted molar refractivity (Wildman–Crippen MR) is 135 cm³/mol. The molecular weight excluding hydrogens is 460 g/mol. The van der Waals surface area contributed by atoms with Gasteiger partial charge in [-0.05, 0) is 62.1 Å². The van der Waals surface area contributed by atoms with Gasteiger partial charge in [0.05, 0.1) is 22.9 Å². The highest BCUT2D eigenvalue weighted by atomic mass is 35.5. The van der Waals surface area contributed by atoms with Crippen LogP contribution in [-0.2, 0) is 4.74 Å². The average molecular weight is 487 g/mol. The van der Waals surface area contributed by atoms with Crippen LogP contribution in [0.1, 0.15) is 33.0 Å². The number of aryl methyl sites for hydroxylation is 1. The number of aromatic nitrogens is 1. The van der Waals surface area contributed by atoms with Crippen molar-refractivity contribution in [3.05, 3.63) is 70.0 Å². The molecule has 1 fully saturated rings. The number of carbonyl (C=O) groups excluding carboxylic acids is 2. The quantitative estimate of drug-likeness (QED) is 0.369. The normalized spacial score (nSPS) is 13.8. The van der Waals surface area contributed by atoms with Gasteiger partial charge in [0.2, 0.25) is 5.78 Å². The lowest BCUT2D eigenvalue weighted by atomic mass is 9.98. The van der Waals surface area contributed by atoms with Crippen LogP contribution in [0.25, 0.3) is 0 Å². The zero-order valence-corrected chi connectivity index (χ0v) is 20.0. The van der Waals surface area contributed by atoms with E-state index < -0.39 is 6.09 Å². The van der Waals surface area contributed by atoms with E-state index in [4.69, 9.17) is 10.5 Å². The molecule has 1 aliphatic heterocycles. The molecule has 7 nitrogen and oxygen atoms in total. The predicted octanol–water partition coefficient (Wildman–Crippen LogP) is 5.15. The minimum absolute atomic E-state index is 0. The van der Waals surface area contributed by atoms with Gasteiger partial charge in [0.15, 0.2) is 0 Å². The lowest BCUT2D eigenvalue weighted by molar-refractivity contribution is 0.104. The van der Waals surface area contributed by atoms with Gasteiger partial charge in [0.1, 0.15) is 5.82 Å². The molecule has 0 atom stereocenters. The van der Waals surface area contributed by atoms with Crippen LogP contribution >= 0.6 is 23.7 Å². The molecule has 174 valence electrons. The van der Waals surface area contributed by atoms with Gasteiger partial charge < -0.3 is 15.4 Å². The number of nitrogens with zero attached hydrogens (tertiary/aromatic N) is 2. The number of thiophene rings is 1. The van der Waals surface area contributed by atoms with Crippen LogP contribution in [0.5, 0.6) is 0 Å². The number of hydrogen-bond donors (Lipinski definition) is 2. The van der Waals surface area contributed by atoms with E-state index in [0.717, 1.165) is 36.6 Å². The summed E-state index contributed by atoms with van der Waals surface area (Å²) < 4.78 is 5.48. The number of benzene rings is 1. The third kappa shape index (κ3) is 6.03. The summed E-state index contributed by atoms with van der Waals surface area (Å²) in [6.07, 6.45) is 3.02. The molecule has 0 bridgehead atoms. The number of rotatable bonds is 6. The van der Waals surface area contributed by atoms with Crippen molar-refractivity contribution in [1.29, 1.82) is 0 Å². The summed E-state index contributed by atoms with van der Waals surface area (Å²) in [6.45, 7) is 4.01. The molecule has 0 spiro atoms. The maximum absolute atomic E-state index is 12.9.